The second kappa shape index (κ2) is 4.98. The van der Waals surface area contributed by atoms with Crippen molar-refractivity contribution < 1.29 is 14.7 Å². The van der Waals surface area contributed by atoms with E-state index in [1.54, 1.807) is 0 Å². The Morgan fingerprint density at radius 3 is 2.62 bits per heavy atom. The average Bonchev–Trinajstić information content (AvgIpc) is 2.13. The van der Waals surface area contributed by atoms with Crippen LogP contribution >= 0.6 is 0 Å². The molecule has 0 radical (unpaired) electrons. The summed E-state index contributed by atoms with van der Waals surface area (Å²) in [7, 11) is 0. The Kier molecular flexibility index (Phi) is 4.11. The highest BCUT2D eigenvalue weighted by atomic mass is 16.4. The van der Waals surface area contributed by atoms with Crippen LogP contribution in [0.1, 0.15) is 52.9 Å². The molecule has 0 saturated heterocycles. The van der Waals surface area contributed by atoms with E-state index >= 15 is 0 Å². The number of aliphatic carboxylic acids is 1. The largest absolute Gasteiger partial charge is 0.481 e. The number of rotatable bonds is 4. The molecule has 3 heteroatoms. The molecule has 1 aliphatic carbocycles. The van der Waals surface area contributed by atoms with Crippen molar-refractivity contribution >= 4 is 11.8 Å². The summed E-state index contributed by atoms with van der Waals surface area (Å²) in [5.41, 5.74) is -0.0362. The maximum Gasteiger partial charge on any atom is 0.303 e. The number of hydrogen-bond acceptors (Lipinski definition) is 2. The topological polar surface area (TPSA) is 54.4 Å². The predicted molar refractivity (Wildman–Crippen MR) is 62.2 cm³/mol. The standard InChI is InChI=1S/C13H22O3/c1-4-9(8-11(15)16)12-10(14)6-5-7-13(12,2)3/h9,12H,4-8H2,1-3H3,(H,15,16). The Morgan fingerprint density at radius 1 is 1.56 bits per heavy atom. The third-order valence-corrected chi connectivity index (χ3v) is 3.87. The van der Waals surface area contributed by atoms with E-state index in [-0.39, 0.29) is 29.5 Å². The van der Waals surface area contributed by atoms with E-state index in [9.17, 15) is 9.59 Å². The van der Waals surface area contributed by atoms with Gasteiger partial charge in [0.1, 0.15) is 5.78 Å². The Morgan fingerprint density at radius 2 is 2.19 bits per heavy atom. The van der Waals surface area contributed by atoms with Gasteiger partial charge in [-0.15, -0.1) is 0 Å². The Labute approximate surface area is 97.2 Å². The number of Topliss-reactive ketones (excluding diaryl/α,β-unsaturated/α-hetero) is 1. The lowest BCUT2D eigenvalue weighted by Gasteiger charge is -2.41. The van der Waals surface area contributed by atoms with Crippen LogP contribution in [0.5, 0.6) is 0 Å². The third-order valence-electron chi connectivity index (χ3n) is 3.87. The molecule has 0 aromatic rings. The highest BCUT2D eigenvalue weighted by molar-refractivity contribution is 5.83. The van der Waals surface area contributed by atoms with E-state index in [2.05, 4.69) is 13.8 Å². The Bertz CT molecular complexity index is 281. The van der Waals surface area contributed by atoms with Gasteiger partial charge in [0.05, 0.1) is 0 Å². The molecule has 0 spiro atoms. The molecule has 0 aromatic carbocycles. The fourth-order valence-corrected chi connectivity index (χ4v) is 3.09. The smallest absolute Gasteiger partial charge is 0.303 e. The summed E-state index contributed by atoms with van der Waals surface area (Å²) in [5.74, 6) is -0.590. The van der Waals surface area contributed by atoms with Gasteiger partial charge in [0, 0.05) is 18.8 Å². The molecule has 1 aliphatic rings. The first-order valence-electron chi connectivity index (χ1n) is 6.13. The van der Waals surface area contributed by atoms with Gasteiger partial charge in [-0.3, -0.25) is 9.59 Å². The van der Waals surface area contributed by atoms with Crippen molar-refractivity contribution in [2.45, 2.75) is 52.9 Å². The first-order chi connectivity index (χ1) is 7.38. The van der Waals surface area contributed by atoms with Gasteiger partial charge in [0.25, 0.3) is 0 Å². The molecule has 16 heavy (non-hydrogen) atoms. The van der Waals surface area contributed by atoms with E-state index < -0.39 is 5.97 Å². The first kappa shape index (κ1) is 13.2. The highest BCUT2D eigenvalue weighted by Gasteiger charge is 2.42. The van der Waals surface area contributed by atoms with Crippen molar-refractivity contribution in [3.63, 3.8) is 0 Å². The monoisotopic (exact) mass is 226 g/mol. The van der Waals surface area contributed by atoms with Crippen LogP contribution in [0.25, 0.3) is 0 Å². The van der Waals surface area contributed by atoms with Gasteiger partial charge in [0.15, 0.2) is 0 Å². The van der Waals surface area contributed by atoms with Crippen molar-refractivity contribution in [3.8, 4) is 0 Å². The van der Waals surface area contributed by atoms with E-state index in [1.807, 2.05) is 6.92 Å². The van der Waals surface area contributed by atoms with Gasteiger partial charge in [-0.1, -0.05) is 27.2 Å². The average molecular weight is 226 g/mol. The maximum atomic E-state index is 12.0. The van der Waals surface area contributed by atoms with Crippen LogP contribution in [-0.2, 0) is 9.59 Å². The fourth-order valence-electron chi connectivity index (χ4n) is 3.09. The van der Waals surface area contributed by atoms with Crippen LogP contribution in [-0.4, -0.2) is 16.9 Å². The Balaban J connectivity index is 2.86. The highest BCUT2D eigenvalue weighted by Crippen LogP contribution is 2.44. The molecule has 1 fully saturated rings. The number of ketones is 1. The zero-order valence-electron chi connectivity index (χ0n) is 10.5. The van der Waals surface area contributed by atoms with E-state index in [1.165, 1.54) is 0 Å². The number of hydrogen-bond donors (Lipinski definition) is 1. The van der Waals surface area contributed by atoms with Crippen molar-refractivity contribution in [1.29, 1.82) is 0 Å². The summed E-state index contributed by atoms with van der Waals surface area (Å²) in [6.07, 6.45) is 3.50. The van der Waals surface area contributed by atoms with Crippen LogP contribution in [0.4, 0.5) is 0 Å². The second-order valence-electron chi connectivity index (χ2n) is 5.55. The molecule has 0 amide bonds. The molecule has 1 saturated carbocycles. The Hall–Kier alpha value is -0.860. The maximum absolute atomic E-state index is 12.0. The molecule has 3 nitrogen and oxygen atoms in total. The summed E-state index contributed by atoms with van der Waals surface area (Å²) in [4.78, 5) is 22.8. The summed E-state index contributed by atoms with van der Waals surface area (Å²) < 4.78 is 0. The zero-order valence-corrected chi connectivity index (χ0v) is 10.5. The molecule has 1 rings (SSSR count). The molecule has 92 valence electrons. The quantitative estimate of drug-likeness (QED) is 0.802. The molecule has 0 aromatic heterocycles. The van der Waals surface area contributed by atoms with Crippen molar-refractivity contribution in [1.82, 2.24) is 0 Å². The lowest BCUT2D eigenvalue weighted by Crippen LogP contribution is -2.40. The fraction of sp³-hybridized carbons (Fsp3) is 0.846. The number of carbonyl (C=O) groups is 2. The summed E-state index contributed by atoms with van der Waals surface area (Å²) in [6.45, 7) is 6.17. The molecule has 2 atom stereocenters. The van der Waals surface area contributed by atoms with Gasteiger partial charge in [-0.2, -0.15) is 0 Å². The molecular weight excluding hydrogens is 204 g/mol. The zero-order chi connectivity index (χ0) is 12.3. The normalized spacial score (nSPS) is 26.4. The van der Waals surface area contributed by atoms with Crippen molar-refractivity contribution in [3.05, 3.63) is 0 Å². The molecule has 0 aliphatic heterocycles. The number of carboxylic acid groups (broad SMARTS) is 1. The second-order valence-corrected chi connectivity index (χ2v) is 5.55. The third kappa shape index (κ3) is 2.83. The van der Waals surface area contributed by atoms with Crippen LogP contribution in [0.3, 0.4) is 0 Å². The first-order valence-corrected chi connectivity index (χ1v) is 6.13. The van der Waals surface area contributed by atoms with Crippen LogP contribution < -0.4 is 0 Å². The number of carboxylic acids is 1. The minimum Gasteiger partial charge on any atom is -0.481 e. The van der Waals surface area contributed by atoms with Gasteiger partial charge in [0.2, 0.25) is 0 Å². The molecule has 2 unspecified atom stereocenters. The lowest BCUT2D eigenvalue weighted by molar-refractivity contribution is -0.141. The van der Waals surface area contributed by atoms with Crippen LogP contribution in [0.2, 0.25) is 0 Å². The molecule has 0 heterocycles. The van der Waals surface area contributed by atoms with Crippen molar-refractivity contribution in [2.24, 2.45) is 17.3 Å². The summed E-state index contributed by atoms with van der Waals surface area (Å²) in [5, 5.41) is 8.89. The van der Waals surface area contributed by atoms with Crippen molar-refractivity contribution in [2.75, 3.05) is 0 Å². The summed E-state index contributed by atoms with van der Waals surface area (Å²) >= 11 is 0. The van der Waals surface area contributed by atoms with E-state index in [0.29, 0.717) is 6.42 Å². The molecule has 0 bridgehead atoms. The van der Waals surface area contributed by atoms with Gasteiger partial charge in [-0.25, -0.2) is 0 Å². The minimum atomic E-state index is -0.791. The van der Waals surface area contributed by atoms with Gasteiger partial charge in [-0.05, 0) is 24.2 Å². The van der Waals surface area contributed by atoms with E-state index in [0.717, 1.165) is 19.3 Å². The molecule has 1 N–H and O–H groups in total. The summed E-state index contributed by atoms with van der Waals surface area (Å²) in [6, 6.07) is 0. The molecular formula is C13H22O3. The van der Waals surface area contributed by atoms with E-state index in [4.69, 9.17) is 5.11 Å². The predicted octanol–water partition coefficient (Wildman–Crippen LogP) is 2.88. The van der Waals surface area contributed by atoms with Crippen LogP contribution in [0, 0.1) is 17.3 Å². The van der Waals surface area contributed by atoms with Gasteiger partial charge < -0.3 is 5.11 Å². The number of carbonyl (C=O) groups excluding carboxylic acids is 1. The van der Waals surface area contributed by atoms with Crippen LogP contribution in [0.15, 0.2) is 0 Å². The van der Waals surface area contributed by atoms with Gasteiger partial charge >= 0.3 is 5.97 Å². The minimum absolute atomic E-state index is 0.000278. The lowest BCUT2D eigenvalue weighted by atomic mass is 9.62. The SMILES string of the molecule is CCC(CC(=O)O)C1C(=O)CCCC1(C)C.